The minimum absolute atomic E-state index is 0.239. The summed E-state index contributed by atoms with van der Waals surface area (Å²) in [6.45, 7) is 0.437. The highest BCUT2D eigenvalue weighted by Crippen LogP contribution is 2.19. The van der Waals surface area contributed by atoms with Gasteiger partial charge in [-0.2, -0.15) is 0 Å². The quantitative estimate of drug-likeness (QED) is 0.656. The largest absolute Gasteiger partial charge is 0.378 e. The molecule has 2 unspecified atom stereocenters. The molecule has 2 atom stereocenters. The van der Waals surface area contributed by atoms with Crippen molar-refractivity contribution in [2.24, 2.45) is 11.5 Å². The van der Waals surface area contributed by atoms with E-state index in [4.69, 9.17) is 16.2 Å². The van der Waals surface area contributed by atoms with Gasteiger partial charge in [0, 0.05) is 12.5 Å². The fourth-order valence-corrected chi connectivity index (χ4v) is 1.66. The molecule has 0 heterocycles. The van der Waals surface area contributed by atoms with Crippen LogP contribution in [0.15, 0.2) is 0 Å². The molecule has 1 rings (SSSR count). The lowest BCUT2D eigenvalue weighted by Crippen LogP contribution is -2.32. The summed E-state index contributed by atoms with van der Waals surface area (Å²) in [7, 11) is 0. The third-order valence-corrected chi connectivity index (χ3v) is 2.37. The third-order valence-electron chi connectivity index (χ3n) is 2.37. The summed E-state index contributed by atoms with van der Waals surface area (Å²) in [6, 6.07) is 0.271. The van der Waals surface area contributed by atoms with Crippen LogP contribution in [0.5, 0.6) is 0 Å². The summed E-state index contributed by atoms with van der Waals surface area (Å²) < 4.78 is 5.48. The molecule has 76 valence electrons. The standard InChI is InChI=1S/C9H18N2O2/c10-7-2-1-3-8(6-7)13-5-4-9(11)12/h7-8H,1-6,10H2,(H2,11,12). The first-order chi connectivity index (χ1) is 6.18. The average molecular weight is 186 g/mol. The summed E-state index contributed by atoms with van der Waals surface area (Å²) in [4.78, 5) is 10.4. The first-order valence-electron chi connectivity index (χ1n) is 4.84. The Bertz CT molecular complexity index is 173. The highest BCUT2D eigenvalue weighted by atomic mass is 16.5. The smallest absolute Gasteiger partial charge is 0.219 e. The van der Waals surface area contributed by atoms with Gasteiger partial charge in [0.05, 0.1) is 12.7 Å². The van der Waals surface area contributed by atoms with E-state index in [1.165, 1.54) is 0 Å². The van der Waals surface area contributed by atoms with Crippen molar-refractivity contribution < 1.29 is 9.53 Å². The minimum Gasteiger partial charge on any atom is -0.378 e. The van der Waals surface area contributed by atoms with Crippen molar-refractivity contribution in [1.29, 1.82) is 0 Å². The number of carbonyl (C=O) groups excluding carboxylic acids is 1. The molecular weight excluding hydrogens is 168 g/mol. The topological polar surface area (TPSA) is 78.3 Å². The van der Waals surface area contributed by atoms with Gasteiger partial charge in [0.15, 0.2) is 0 Å². The maximum Gasteiger partial charge on any atom is 0.219 e. The molecule has 1 fully saturated rings. The summed E-state index contributed by atoms with van der Waals surface area (Å²) in [5.74, 6) is -0.305. The number of hydrogen-bond acceptors (Lipinski definition) is 3. The van der Waals surface area contributed by atoms with Crippen molar-refractivity contribution in [3.8, 4) is 0 Å². The van der Waals surface area contributed by atoms with Gasteiger partial charge in [0.25, 0.3) is 0 Å². The van der Waals surface area contributed by atoms with Gasteiger partial charge in [-0.25, -0.2) is 0 Å². The number of carbonyl (C=O) groups is 1. The van der Waals surface area contributed by atoms with Crippen LogP contribution in [0.2, 0.25) is 0 Å². The van der Waals surface area contributed by atoms with E-state index >= 15 is 0 Å². The third kappa shape index (κ3) is 4.24. The van der Waals surface area contributed by atoms with E-state index in [1.54, 1.807) is 0 Å². The van der Waals surface area contributed by atoms with E-state index in [0.29, 0.717) is 13.0 Å². The molecule has 1 amide bonds. The number of amides is 1. The number of hydrogen-bond donors (Lipinski definition) is 2. The molecule has 0 spiro atoms. The van der Waals surface area contributed by atoms with Crippen LogP contribution in [0.3, 0.4) is 0 Å². The number of rotatable bonds is 4. The molecule has 1 aliphatic carbocycles. The van der Waals surface area contributed by atoms with Gasteiger partial charge in [-0.15, -0.1) is 0 Å². The van der Waals surface area contributed by atoms with Crippen LogP contribution in [0.25, 0.3) is 0 Å². The Balaban J connectivity index is 2.10. The predicted molar refractivity (Wildman–Crippen MR) is 50.0 cm³/mol. The molecule has 4 heteroatoms. The van der Waals surface area contributed by atoms with Crippen LogP contribution >= 0.6 is 0 Å². The minimum atomic E-state index is -0.305. The van der Waals surface area contributed by atoms with Crippen molar-refractivity contribution in [1.82, 2.24) is 0 Å². The van der Waals surface area contributed by atoms with Gasteiger partial charge in [0.1, 0.15) is 0 Å². The van der Waals surface area contributed by atoms with Gasteiger partial charge in [-0.1, -0.05) is 0 Å². The van der Waals surface area contributed by atoms with Crippen molar-refractivity contribution in [2.45, 2.75) is 44.2 Å². The van der Waals surface area contributed by atoms with Gasteiger partial charge in [0.2, 0.25) is 5.91 Å². The van der Waals surface area contributed by atoms with Crippen LogP contribution < -0.4 is 11.5 Å². The van der Waals surface area contributed by atoms with E-state index in [-0.39, 0.29) is 18.1 Å². The Kier molecular flexibility index (Phi) is 4.18. The Morgan fingerprint density at radius 3 is 2.85 bits per heavy atom. The Labute approximate surface area is 78.6 Å². The highest BCUT2D eigenvalue weighted by molar-refractivity contribution is 5.73. The van der Waals surface area contributed by atoms with Crippen LogP contribution in [0.4, 0.5) is 0 Å². The van der Waals surface area contributed by atoms with Gasteiger partial charge < -0.3 is 16.2 Å². The van der Waals surface area contributed by atoms with Crippen molar-refractivity contribution in [2.75, 3.05) is 6.61 Å². The fraction of sp³-hybridized carbons (Fsp3) is 0.889. The van der Waals surface area contributed by atoms with Gasteiger partial charge >= 0.3 is 0 Å². The average Bonchev–Trinajstić information content (AvgIpc) is 2.03. The summed E-state index contributed by atoms with van der Waals surface area (Å²) >= 11 is 0. The van der Waals surface area contributed by atoms with Crippen LogP contribution in [-0.2, 0) is 9.53 Å². The van der Waals surface area contributed by atoms with E-state index in [2.05, 4.69) is 0 Å². The van der Waals surface area contributed by atoms with Gasteiger partial charge in [-0.3, -0.25) is 4.79 Å². The summed E-state index contributed by atoms with van der Waals surface area (Å²) in [5, 5.41) is 0. The van der Waals surface area contributed by atoms with Crippen LogP contribution in [0.1, 0.15) is 32.1 Å². The predicted octanol–water partition coefficient (Wildman–Crippen LogP) is 0.148. The van der Waals surface area contributed by atoms with E-state index in [0.717, 1.165) is 25.7 Å². The second-order valence-corrected chi connectivity index (χ2v) is 3.64. The second kappa shape index (κ2) is 5.19. The molecule has 1 saturated carbocycles. The van der Waals surface area contributed by atoms with Crippen molar-refractivity contribution in [3.05, 3.63) is 0 Å². The molecule has 0 aliphatic heterocycles. The zero-order chi connectivity index (χ0) is 9.68. The number of nitrogens with two attached hydrogens (primary N) is 2. The summed E-state index contributed by atoms with van der Waals surface area (Å²) in [5.41, 5.74) is 10.8. The SMILES string of the molecule is NC(=O)CCOC1CCCC(N)C1. The van der Waals surface area contributed by atoms with E-state index in [1.807, 2.05) is 0 Å². The van der Waals surface area contributed by atoms with Crippen molar-refractivity contribution >= 4 is 5.91 Å². The Hall–Kier alpha value is -0.610. The maximum absolute atomic E-state index is 10.4. The lowest BCUT2D eigenvalue weighted by Gasteiger charge is -2.26. The lowest BCUT2D eigenvalue weighted by molar-refractivity contribution is -0.119. The summed E-state index contributed by atoms with van der Waals surface area (Å²) in [6.07, 6.45) is 4.75. The molecule has 0 aromatic heterocycles. The molecule has 13 heavy (non-hydrogen) atoms. The number of ether oxygens (including phenoxy) is 1. The van der Waals surface area contributed by atoms with E-state index in [9.17, 15) is 4.79 Å². The molecule has 4 N–H and O–H groups in total. The van der Waals surface area contributed by atoms with Crippen LogP contribution in [0, 0.1) is 0 Å². The lowest BCUT2D eigenvalue weighted by atomic mass is 9.94. The zero-order valence-corrected chi connectivity index (χ0v) is 7.87. The maximum atomic E-state index is 10.4. The molecule has 4 nitrogen and oxygen atoms in total. The monoisotopic (exact) mass is 186 g/mol. The molecular formula is C9H18N2O2. The van der Waals surface area contributed by atoms with Gasteiger partial charge in [-0.05, 0) is 25.7 Å². The fourth-order valence-electron chi connectivity index (χ4n) is 1.66. The molecule has 0 aromatic carbocycles. The Morgan fingerprint density at radius 1 is 1.46 bits per heavy atom. The first-order valence-corrected chi connectivity index (χ1v) is 4.84. The highest BCUT2D eigenvalue weighted by Gasteiger charge is 2.19. The molecule has 1 aliphatic rings. The van der Waals surface area contributed by atoms with Crippen LogP contribution in [-0.4, -0.2) is 24.7 Å². The second-order valence-electron chi connectivity index (χ2n) is 3.64. The molecule has 0 aromatic rings. The number of primary amides is 1. The first kappa shape index (κ1) is 10.5. The van der Waals surface area contributed by atoms with Crippen molar-refractivity contribution in [3.63, 3.8) is 0 Å². The Morgan fingerprint density at radius 2 is 2.23 bits per heavy atom. The van der Waals surface area contributed by atoms with E-state index < -0.39 is 0 Å². The zero-order valence-electron chi connectivity index (χ0n) is 7.87. The molecule has 0 bridgehead atoms. The molecule has 0 radical (unpaired) electrons. The normalized spacial score (nSPS) is 28.7. The molecule has 0 saturated heterocycles.